The minimum absolute atomic E-state index is 0.00737. The van der Waals surface area contributed by atoms with Crippen molar-refractivity contribution in [2.75, 3.05) is 18.1 Å². The molecule has 2 heterocycles. The number of nitriles is 1. The monoisotopic (exact) mass is 346 g/mol. The summed E-state index contributed by atoms with van der Waals surface area (Å²) < 4.78 is 4.83. The molecule has 0 aliphatic carbocycles. The Morgan fingerprint density at radius 3 is 2.69 bits per heavy atom. The van der Waals surface area contributed by atoms with Crippen molar-refractivity contribution < 1.29 is 9.32 Å². The SMILES string of the molecule is N#Cc1ccc(N2CCCCN2C(=O)Cc2ccon2)c2ccccc12. The Hall–Kier alpha value is -3.33. The van der Waals surface area contributed by atoms with Gasteiger partial charge >= 0.3 is 0 Å². The van der Waals surface area contributed by atoms with Crippen molar-refractivity contribution in [1.82, 2.24) is 10.2 Å². The molecule has 0 N–H and O–H groups in total. The van der Waals surface area contributed by atoms with Gasteiger partial charge in [0.05, 0.1) is 29.4 Å². The average molecular weight is 346 g/mol. The lowest BCUT2D eigenvalue weighted by molar-refractivity contribution is -0.132. The fourth-order valence-electron chi connectivity index (χ4n) is 3.46. The van der Waals surface area contributed by atoms with Gasteiger partial charge in [0.25, 0.3) is 0 Å². The summed E-state index contributed by atoms with van der Waals surface area (Å²) in [5.74, 6) is -0.00737. The molecule has 26 heavy (non-hydrogen) atoms. The molecular weight excluding hydrogens is 328 g/mol. The Morgan fingerprint density at radius 2 is 1.92 bits per heavy atom. The zero-order valence-electron chi connectivity index (χ0n) is 14.3. The lowest BCUT2D eigenvalue weighted by atomic mass is 10.0. The third-order valence-electron chi connectivity index (χ3n) is 4.69. The maximum atomic E-state index is 12.9. The van der Waals surface area contributed by atoms with E-state index in [-0.39, 0.29) is 12.3 Å². The maximum absolute atomic E-state index is 12.9. The number of anilines is 1. The summed E-state index contributed by atoms with van der Waals surface area (Å²) >= 11 is 0. The number of nitrogens with zero attached hydrogens (tertiary/aromatic N) is 4. The number of fused-ring (bicyclic) bond motifs is 1. The van der Waals surface area contributed by atoms with Gasteiger partial charge in [-0.2, -0.15) is 5.26 Å². The van der Waals surface area contributed by atoms with Crippen LogP contribution in [0.2, 0.25) is 0 Å². The molecule has 1 saturated heterocycles. The number of carbonyl (C=O) groups excluding carboxylic acids is 1. The number of benzene rings is 2. The van der Waals surface area contributed by atoms with Crippen LogP contribution in [-0.2, 0) is 11.2 Å². The van der Waals surface area contributed by atoms with Crippen molar-refractivity contribution >= 4 is 22.4 Å². The first kappa shape index (κ1) is 16.2. The first-order valence-electron chi connectivity index (χ1n) is 8.67. The lowest BCUT2D eigenvalue weighted by Crippen LogP contribution is -2.51. The van der Waals surface area contributed by atoms with E-state index in [1.807, 2.05) is 41.4 Å². The molecule has 2 aromatic carbocycles. The molecule has 1 aromatic heterocycles. The number of hydrazine groups is 1. The summed E-state index contributed by atoms with van der Waals surface area (Å²) in [5, 5.41) is 18.9. The zero-order valence-corrected chi connectivity index (χ0v) is 14.3. The second-order valence-corrected chi connectivity index (χ2v) is 6.30. The molecule has 1 aliphatic rings. The normalized spacial score (nSPS) is 14.4. The molecule has 1 aliphatic heterocycles. The van der Waals surface area contributed by atoms with Crippen molar-refractivity contribution in [3.8, 4) is 6.07 Å². The molecule has 3 aromatic rings. The molecule has 1 fully saturated rings. The lowest BCUT2D eigenvalue weighted by Gasteiger charge is -2.40. The Kier molecular flexibility index (Phi) is 4.28. The topological polar surface area (TPSA) is 73.4 Å². The minimum Gasteiger partial charge on any atom is -0.364 e. The summed E-state index contributed by atoms with van der Waals surface area (Å²) in [6, 6.07) is 15.5. The van der Waals surface area contributed by atoms with E-state index in [9.17, 15) is 10.1 Å². The van der Waals surface area contributed by atoms with E-state index in [2.05, 4.69) is 11.2 Å². The molecule has 130 valence electrons. The molecule has 1 amide bonds. The molecule has 0 atom stereocenters. The largest absolute Gasteiger partial charge is 0.364 e. The number of rotatable bonds is 3. The van der Waals surface area contributed by atoms with Crippen LogP contribution in [0.1, 0.15) is 24.1 Å². The van der Waals surface area contributed by atoms with Crippen LogP contribution in [0.25, 0.3) is 10.8 Å². The molecule has 0 saturated carbocycles. The minimum atomic E-state index is -0.00737. The van der Waals surface area contributed by atoms with Crippen LogP contribution in [0.4, 0.5) is 5.69 Å². The first-order valence-corrected chi connectivity index (χ1v) is 8.67. The highest BCUT2D eigenvalue weighted by atomic mass is 16.5. The van der Waals surface area contributed by atoms with Gasteiger partial charge in [-0.25, -0.2) is 0 Å². The van der Waals surface area contributed by atoms with Crippen molar-refractivity contribution in [1.29, 1.82) is 5.26 Å². The first-order chi connectivity index (χ1) is 12.8. The third kappa shape index (κ3) is 2.88. The van der Waals surface area contributed by atoms with Crippen LogP contribution in [0, 0.1) is 11.3 Å². The second kappa shape index (κ2) is 6.89. The van der Waals surface area contributed by atoms with Gasteiger partial charge < -0.3 is 4.52 Å². The summed E-state index contributed by atoms with van der Waals surface area (Å²) in [6.07, 6.45) is 3.67. The van der Waals surface area contributed by atoms with Gasteiger partial charge in [0.2, 0.25) is 5.91 Å². The fourth-order valence-corrected chi connectivity index (χ4v) is 3.46. The van der Waals surface area contributed by atoms with Gasteiger partial charge in [0, 0.05) is 29.9 Å². The molecule has 6 heteroatoms. The predicted molar refractivity (Wildman–Crippen MR) is 97.2 cm³/mol. The second-order valence-electron chi connectivity index (χ2n) is 6.30. The Morgan fingerprint density at radius 1 is 1.12 bits per heavy atom. The third-order valence-corrected chi connectivity index (χ3v) is 4.69. The van der Waals surface area contributed by atoms with Gasteiger partial charge in [-0.1, -0.05) is 29.4 Å². The molecule has 6 nitrogen and oxygen atoms in total. The Balaban J connectivity index is 1.72. The summed E-state index contributed by atoms with van der Waals surface area (Å²) in [5.41, 5.74) is 2.22. The number of hydrogen-bond donors (Lipinski definition) is 0. The number of carbonyl (C=O) groups is 1. The van der Waals surface area contributed by atoms with E-state index in [1.165, 1.54) is 6.26 Å². The zero-order chi connectivity index (χ0) is 17.9. The molecule has 0 spiro atoms. The molecular formula is C20H18N4O2. The average Bonchev–Trinajstić information content (AvgIpc) is 3.20. The van der Waals surface area contributed by atoms with E-state index in [0.29, 0.717) is 17.8 Å². The van der Waals surface area contributed by atoms with Gasteiger partial charge in [-0.15, -0.1) is 0 Å². The van der Waals surface area contributed by atoms with Gasteiger partial charge in [0.15, 0.2) is 0 Å². The van der Waals surface area contributed by atoms with Crippen molar-refractivity contribution in [2.45, 2.75) is 19.3 Å². The van der Waals surface area contributed by atoms with E-state index in [0.717, 1.165) is 35.8 Å². The highest BCUT2D eigenvalue weighted by Crippen LogP contribution is 2.32. The van der Waals surface area contributed by atoms with E-state index >= 15 is 0 Å². The van der Waals surface area contributed by atoms with Crippen LogP contribution >= 0.6 is 0 Å². The Labute approximate surface area is 151 Å². The van der Waals surface area contributed by atoms with E-state index in [4.69, 9.17) is 4.52 Å². The predicted octanol–water partition coefficient (Wildman–Crippen LogP) is 3.29. The van der Waals surface area contributed by atoms with Gasteiger partial charge in [-0.3, -0.25) is 14.8 Å². The van der Waals surface area contributed by atoms with Gasteiger partial charge in [-0.05, 0) is 25.0 Å². The smallest absolute Gasteiger partial charge is 0.247 e. The van der Waals surface area contributed by atoms with Crippen LogP contribution in [0.15, 0.2) is 53.3 Å². The standard InChI is InChI=1S/C20H18N4O2/c21-14-15-7-8-19(18-6-2-1-5-17(15)18)23-10-3-4-11-24(23)20(25)13-16-9-12-26-22-16/h1-2,5-9,12H,3-4,10-11,13H2. The summed E-state index contributed by atoms with van der Waals surface area (Å²) in [7, 11) is 0. The van der Waals surface area contributed by atoms with Crippen LogP contribution in [-0.4, -0.2) is 29.2 Å². The van der Waals surface area contributed by atoms with Crippen molar-refractivity contribution in [3.63, 3.8) is 0 Å². The van der Waals surface area contributed by atoms with E-state index in [1.54, 1.807) is 11.1 Å². The maximum Gasteiger partial charge on any atom is 0.247 e. The van der Waals surface area contributed by atoms with Crippen molar-refractivity contribution in [3.05, 3.63) is 60.0 Å². The summed E-state index contributed by atoms with van der Waals surface area (Å²) in [4.78, 5) is 12.9. The number of aromatic nitrogens is 1. The highest BCUT2D eigenvalue weighted by molar-refractivity contribution is 5.98. The molecule has 0 radical (unpaired) electrons. The van der Waals surface area contributed by atoms with Crippen molar-refractivity contribution in [2.24, 2.45) is 0 Å². The van der Waals surface area contributed by atoms with E-state index < -0.39 is 0 Å². The van der Waals surface area contributed by atoms with Crippen LogP contribution in [0.5, 0.6) is 0 Å². The number of hydrogen-bond acceptors (Lipinski definition) is 5. The molecule has 0 unspecified atom stereocenters. The molecule has 0 bridgehead atoms. The highest BCUT2D eigenvalue weighted by Gasteiger charge is 2.27. The fraction of sp³-hybridized carbons (Fsp3) is 0.250. The Bertz CT molecular complexity index is 975. The number of amides is 1. The summed E-state index contributed by atoms with van der Waals surface area (Å²) in [6.45, 7) is 1.44. The van der Waals surface area contributed by atoms with Crippen LogP contribution in [0.3, 0.4) is 0 Å². The van der Waals surface area contributed by atoms with Crippen LogP contribution < -0.4 is 5.01 Å². The quantitative estimate of drug-likeness (QED) is 0.727. The molecule has 4 rings (SSSR count). The van der Waals surface area contributed by atoms with Gasteiger partial charge in [0.1, 0.15) is 6.26 Å².